The van der Waals surface area contributed by atoms with E-state index < -0.39 is 12.1 Å². The van der Waals surface area contributed by atoms with Crippen LogP contribution in [0.4, 0.5) is 10.1 Å². The highest BCUT2D eigenvalue weighted by Gasteiger charge is 2.43. The number of nitrogens with zero attached hydrogens (tertiary/aromatic N) is 7. The smallest absolute Gasteiger partial charge is 0.272 e. The van der Waals surface area contributed by atoms with E-state index in [1.807, 2.05) is 30.0 Å². The van der Waals surface area contributed by atoms with Gasteiger partial charge in [-0.05, 0) is 73.2 Å². The average molecular weight is 581 g/mol. The molecule has 0 radical (unpaired) electrons. The maximum absolute atomic E-state index is 13.5. The minimum Gasteiger partial charge on any atom is -0.436 e. The van der Waals surface area contributed by atoms with E-state index in [2.05, 4.69) is 42.8 Å². The van der Waals surface area contributed by atoms with Gasteiger partial charge in [0.15, 0.2) is 11.4 Å². The predicted molar refractivity (Wildman–Crippen MR) is 155 cm³/mol. The summed E-state index contributed by atoms with van der Waals surface area (Å²) in [6.45, 7) is 2.98. The van der Waals surface area contributed by atoms with Crippen LogP contribution in [0.1, 0.15) is 47.2 Å². The van der Waals surface area contributed by atoms with Gasteiger partial charge in [-0.3, -0.25) is 14.6 Å². The lowest BCUT2D eigenvalue weighted by Gasteiger charge is -2.35. The molecule has 218 valence electrons. The summed E-state index contributed by atoms with van der Waals surface area (Å²) in [7, 11) is 0. The number of aromatic nitrogens is 6. The number of aryl methyl sites for hydroxylation is 1. The Balaban J connectivity index is 1.05. The summed E-state index contributed by atoms with van der Waals surface area (Å²) in [5, 5.41) is 15.6. The van der Waals surface area contributed by atoms with Crippen LogP contribution in [0.2, 0.25) is 0 Å². The third-order valence-electron chi connectivity index (χ3n) is 8.12. The van der Waals surface area contributed by atoms with Crippen LogP contribution in [0, 0.1) is 18.8 Å². The van der Waals surface area contributed by atoms with Gasteiger partial charge in [-0.25, -0.2) is 9.37 Å². The van der Waals surface area contributed by atoms with Gasteiger partial charge in [0.25, 0.3) is 5.91 Å². The Bertz CT molecular complexity index is 1800. The fourth-order valence-corrected chi connectivity index (χ4v) is 5.72. The summed E-state index contributed by atoms with van der Waals surface area (Å²) >= 11 is 0. The molecule has 7 rings (SSSR count). The molecule has 1 aliphatic carbocycles. The number of benzene rings is 2. The predicted octanol–water partition coefficient (Wildman–Crippen LogP) is 4.62. The van der Waals surface area contributed by atoms with E-state index in [4.69, 9.17) is 4.42 Å². The Labute approximate surface area is 246 Å². The van der Waals surface area contributed by atoms with Crippen LogP contribution >= 0.6 is 0 Å². The largest absolute Gasteiger partial charge is 0.436 e. The molecule has 1 aliphatic heterocycles. The van der Waals surface area contributed by atoms with Crippen LogP contribution in [-0.4, -0.2) is 66.2 Å². The molecule has 2 amide bonds. The van der Waals surface area contributed by atoms with Gasteiger partial charge in [0.1, 0.15) is 23.4 Å². The summed E-state index contributed by atoms with van der Waals surface area (Å²) < 4.78 is 19.2. The summed E-state index contributed by atoms with van der Waals surface area (Å²) in [6, 6.07) is 18.6. The molecule has 2 aliphatic rings. The molecule has 1 saturated heterocycles. The van der Waals surface area contributed by atoms with Crippen molar-refractivity contribution in [2.75, 3.05) is 18.4 Å². The molecule has 1 saturated carbocycles. The number of anilines is 1. The average Bonchev–Trinajstić information content (AvgIpc) is 3.39. The molecule has 3 atom stereocenters. The zero-order chi connectivity index (χ0) is 29.5. The van der Waals surface area contributed by atoms with Crippen molar-refractivity contribution in [3.63, 3.8) is 0 Å². The van der Waals surface area contributed by atoms with Gasteiger partial charge >= 0.3 is 0 Å². The number of halogens is 1. The molecule has 5 aromatic rings. The molecule has 2 fully saturated rings. The van der Waals surface area contributed by atoms with E-state index in [-0.39, 0.29) is 30.2 Å². The number of alkyl halides is 1. The van der Waals surface area contributed by atoms with E-state index in [0.717, 1.165) is 18.4 Å². The van der Waals surface area contributed by atoms with Crippen molar-refractivity contribution in [2.24, 2.45) is 11.8 Å². The lowest BCUT2D eigenvalue weighted by atomic mass is 9.85. The highest BCUT2D eigenvalue weighted by molar-refractivity contribution is 5.96. The van der Waals surface area contributed by atoms with E-state index in [0.29, 0.717) is 52.8 Å². The van der Waals surface area contributed by atoms with Crippen molar-refractivity contribution in [1.29, 1.82) is 0 Å². The molecule has 0 spiro atoms. The molecular formula is C31H29FN8O3. The molecule has 2 aromatic carbocycles. The summed E-state index contributed by atoms with van der Waals surface area (Å²) in [6.07, 6.45) is 2.33. The Morgan fingerprint density at radius 1 is 1.07 bits per heavy atom. The molecule has 3 aromatic heterocycles. The van der Waals surface area contributed by atoms with Crippen LogP contribution < -0.4 is 5.32 Å². The Morgan fingerprint density at radius 3 is 2.58 bits per heavy atom. The van der Waals surface area contributed by atoms with E-state index >= 15 is 0 Å². The fourth-order valence-electron chi connectivity index (χ4n) is 5.72. The SMILES string of the molecule is Cc1nnn([C@H](c2ccccc2)C2CCN(C(=O)c3cc(-c4nc5cc(NC(=O)[C@H]6C[C@@H]6F)ccc5o4)ccn3)CC2)n1. The number of pyridine rings is 1. The van der Waals surface area contributed by atoms with Gasteiger partial charge < -0.3 is 14.6 Å². The minimum absolute atomic E-state index is 0.0663. The monoisotopic (exact) mass is 580 g/mol. The van der Waals surface area contributed by atoms with E-state index in [9.17, 15) is 14.0 Å². The normalized spacial score (nSPS) is 19.3. The van der Waals surface area contributed by atoms with E-state index in [1.54, 1.807) is 41.3 Å². The minimum atomic E-state index is -1.06. The summed E-state index contributed by atoms with van der Waals surface area (Å²) in [4.78, 5) is 38.1. The molecule has 43 heavy (non-hydrogen) atoms. The lowest BCUT2D eigenvalue weighted by Crippen LogP contribution is -2.41. The van der Waals surface area contributed by atoms with Crippen LogP contribution in [-0.2, 0) is 4.79 Å². The third-order valence-corrected chi connectivity index (χ3v) is 8.12. The number of tetrazole rings is 1. The van der Waals surface area contributed by atoms with Gasteiger partial charge in [-0.2, -0.15) is 4.80 Å². The lowest BCUT2D eigenvalue weighted by molar-refractivity contribution is -0.117. The van der Waals surface area contributed by atoms with Crippen molar-refractivity contribution in [2.45, 2.75) is 38.4 Å². The number of piperidine rings is 1. The first-order valence-corrected chi connectivity index (χ1v) is 14.4. The molecule has 1 N–H and O–H groups in total. The number of carbonyl (C=O) groups excluding carboxylic acids is 2. The Hall–Kier alpha value is -5.00. The number of hydrogen-bond acceptors (Lipinski definition) is 8. The van der Waals surface area contributed by atoms with Gasteiger partial charge in [0.05, 0.1) is 5.92 Å². The second-order valence-electron chi connectivity index (χ2n) is 11.1. The number of amides is 2. The van der Waals surface area contributed by atoms with Crippen LogP contribution in [0.3, 0.4) is 0 Å². The van der Waals surface area contributed by atoms with E-state index in [1.165, 1.54) is 0 Å². The van der Waals surface area contributed by atoms with Crippen LogP contribution in [0.25, 0.3) is 22.6 Å². The van der Waals surface area contributed by atoms with Crippen LogP contribution in [0.5, 0.6) is 0 Å². The number of oxazole rings is 1. The molecular weight excluding hydrogens is 551 g/mol. The molecule has 12 heteroatoms. The maximum atomic E-state index is 13.5. The second kappa shape index (κ2) is 11.0. The number of likely N-dealkylation sites (tertiary alicyclic amines) is 1. The fraction of sp³-hybridized carbons (Fsp3) is 0.323. The van der Waals surface area contributed by atoms with Gasteiger partial charge in [-0.15, -0.1) is 10.2 Å². The molecule has 4 heterocycles. The number of nitrogens with one attached hydrogen (secondary N) is 1. The van der Waals surface area contributed by atoms with Crippen molar-refractivity contribution >= 4 is 28.6 Å². The first-order valence-electron chi connectivity index (χ1n) is 14.4. The second-order valence-corrected chi connectivity index (χ2v) is 11.1. The highest BCUT2D eigenvalue weighted by atomic mass is 19.1. The first-order chi connectivity index (χ1) is 20.9. The highest BCUT2D eigenvalue weighted by Crippen LogP contribution is 2.36. The Kier molecular flexibility index (Phi) is 6.88. The molecule has 11 nitrogen and oxygen atoms in total. The number of rotatable bonds is 7. The van der Waals surface area contributed by atoms with Gasteiger partial charge in [0.2, 0.25) is 11.8 Å². The van der Waals surface area contributed by atoms with Gasteiger partial charge in [0, 0.05) is 30.5 Å². The third kappa shape index (κ3) is 5.47. The topological polar surface area (TPSA) is 132 Å². The molecule has 0 bridgehead atoms. The number of fused-ring (bicyclic) bond motifs is 1. The quantitative estimate of drug-likeness (QED) is 0.295. The zero-order valence-corrected chi connectivity index (χ0v) is 23.4. The van der Waals surface area contributed by atoms with Gasteiger partial charge in [-0.1, -0.05) is 30.3 Å². The molecule has 0 unspecified atom stereocenters. The number of hydrogen-bond donors (Lipinski definition) is 1. The summed E-state index contributed by atoms with van der Waals surface area (Å²) in [5.74, 6) is 0.117. The van der Waals surface area contributed by atoms with Crippen molar-refractivity contribution < 1.29 is 18.4 Å². The van der Waals surface area contributed by atoms with Crippen molar-refractivity contribution in [1.82, 2.24) is 35.1 Å². The van der Waals surface area contributed by atoms with Crippen molar-refractivity contribution in [3.8, 4) is 11.5 Å². The first kappa shape index (κ1) is 26.9. The summed E-state index contributed by atoms with van der Waals surface area (Å²) in [5.41, 5.74) is 3.63. The maximum Gasteiger partial charge on any atom is 0.272 e. The van der Waals surface area contributed by atoms with Crippen molar-refractivity contribution in [3.05, 3.63) is 83.9 Å². The zero-order valence-electron chi connectivity index (χ0n) is 23.4. The van der Waals surface area contributed by atoms with Crippen LogP contribution in [0.15, 0.2) is 71.3 Å². The number of carbonyl (C=O) groups is 2. The Morgan fingerprint density at radius 2 is 1.86 bits per heavy atom. The standard InChI is InChI=1S/C31H29FN8O3/c1-18-36-38-40(37-18)28(19-5-3-2-4-6-19)20-10-13-39(14-11-20)31(42)26-15-21(9-12-33-26)30-35-25-16-22(7-8-27(25)43-30)34-29(41)23-17-24(23)32/h2-9,12,15-16,20,23-24,28H,10-11,13-14,17H2,1H3,(H,34,41)/t23-,24-,28+/m0/s1.